The second-order valence-corrected chi connectivity index (χ2v) is 5.31. The average molecular weight is 306 g/mol. The zero-order valence-corrected chi connectivity index (χ0v) is 13.2. The number of halogens is 1. The third-order valence-electron chi connectivity index (χ3n) is 3.18. The van der Waals surface area contributed by atoms with E-state index >= 15 is 0 Å². The first kappa shape index (κ1) is 15.5. The van der Waals surface area contributed by atoms with Gasteiger partial charge in [-0.05, 0) is 6.42 Å². The molecule has 0 saturated carbocycles. The molecule has 2 rings (SSSR count). The van der Waals surface area contributed by atoms with Crippen LogP contribution in [0, 0.1) is 0 Å². The predicted octanol–water partition coefficient (Wildman–Crippen LogP) is 3.39. The summed E-state index contributed by atoms with van der Waals surface area (Å²) in [5.41, 5.74) is 2.16. The first-order valence-corrected chi connectivity index (χ1v) is 7.42. The molecular weight excluding hydrogens is 286 g/mol. The molecule has 0 aliphatic rings. The van der Waals surface area contributed by atoms with Crippen LogP contribution in [0.1, 0.15) is 31.8 Å². The molecule has 5 nitrogen and oxygen atoms in total. The van der Waals surface area contributed by atoms with Gasteiger partial charge < -0.3 is 9.88 Å². The van der Waals surface area contributed by atoms with Crippen LogP contribution in [-0.2, 0) is 13.0 Å². The number of imidazole rings is 1. The Hall–Kier alpha value is -1.88. The van der Waals surface area contributed by atoms with Crippen LogP contribution < -0.4 is 4.90 Å². The maximum Gasteiger partial charge on any atom is 0.225 e. The van der Waals surface area contributed by atoms with E-state index in [1.807, 2.05) is 6.20 Å². The van der Waals surface area contributed by atoms with Crippen LogP contribution in [0.3, 0.4) is 0 Å². The largest absolute Gasteiger partial charge is 0.344 e. The van der Waals surface area contributed by atoms with Crippen molar-refractivity contribution in [1.29, 1.82) is 0 Å². The molecule has 21 heavy (non-hydrogen) atoms. The third-order valence-corrected chi connectivity index (χ3v) is 3.38. The number of aryl methyl sites for hydroxylation is 1. The summed E-state index contributed by atoms with van der Waals surface area (Å²) in [6, 6.07) is 0. The predicted molar refractivity (Wildman–Crippen MR) is 85.5 cm³/mol. The number of nitrogens with zero attached hydrogens (tertiary/aromatic N) is 4. The van der Waals surface area contributed by atoms with Gasteiger partial charge in [0.1, 0.15) is 5.82 Å². The van der Waals surface area contributed by atoms with Gasteiger partial charge in [0, 0.05) is 13.0 Å². The van der Waals surface area contributed by atoms with Crippen LogP contribution in [0.4, 0.5) is 5.95 Å². The lowest BCUT2D eigenvalue weighted by molar-refractivity contribution is 0.773. The van der Waals surface area contributed by atoms with E-state index in [-0.39, 0.29) is 0 Å². The van der Waals surface area contributed by atoms with Crippen molar-refractivity contribution in [1.82, 2.24) is 19.9 Å². The van der Waals surface area contributed by atoms with Crippen LogP contribution in [0.25, 0.3) is 0 Å². The van der Waals surface area contributed by atoms with Gasteiger partial charge in [0.25, 0.3) is 0 Å². The molecule has 2 aromatic rings. The summed E-state index contributed by atoms with van der Waals surface area (Å²) in [5.74, 6) is 1.62. The van der Waals surface area contributed by atoms with Crippen molar-refractivity contribution in [3.63, 3.8) is 0 Å². The van der Waals surface area contributed by atoms with Crippen molar-refractivity contribution in [3.05, 3.63) is 47.3 Å². The van der Waals surface area contributed by atoms with Gasteiger partial charge in [0.15, 0.2) is 0 Å². The van der Waals surface area contributed by atoms with Gasteiger partial charge in [-0.1, -0.05) is 37.6 Å². The Morgan fingerprint density at radius 2 is 1.95 bits per heavy atom. The first-order valence-electron chi connectivity index (χ1n) is 7.04. The van der Waals surface area contributed by atoms with E-state index < -0.39 is 0 Å². The lowest BCUT2D eigenvalue weighted by Crippen LogP contribution is -2.27. The van der Waals surface area contributed by atoms with Gasteiger partial charge in [-0.25, -0.2) is 15.0 Å². The maximum absolute atomic E-state index is 5.85. The van der Waals surface area contributed by atoms with Crippen LogP contribution in [0.2, 0.25) is 5.02 Å². The van der Waals surface area contributed by atoms with Gasteiger partial charge in [0.05, 0.1) is 35.9 Å². The minimum absolute atomic E-state index is 0.530. The van der Waals surface area contributed by atoms with E-state index in [1.54, 1.807) is 12.4 Å². The molecule has 0 unspecified atom stereocenters. The lowest BCUT2D eigenvalue weighted by atomic mass is 10.2. The number of rotatable bonds is 7. The SMILES string of the molecule is C=C(CC)CN(Cc1cnc(CC)[nH]1)c1ncc(Cl)cn1. The summed E-state index contributed by atoms with van der Waals surface area (Å²) in [4.78, 5) is 18.3. The first-order chi connectivity index (χ1) is 10.1. The highest BCUT2D eigenvalue weighted by Crippen LogP contribution is 2.15. The van der Waals surface area contributed by atoms with E-state index in [9.17, 15) is 0 Å². The molecule has 0 atom stereocenters. The van der Waals surface area contributed by atoms with Gasteiger partial charge in [-0.15, -0.1) is 0 Å². The number of anilines is 1. The highest BCUT2D eigenvalue weighted by atomic mass is 35.5. The maximum atomic E-state index is 5.85. The summed E-state index contributed by atoms with van der Waals surface area (Å²) in [6.07, 6.45) is 6.88. The molecule has 0 spiro atoms. The van der Waals surface area contributed by atoms with Crippen molar-refractivity contribution < 1.29 is 0 Å². The minimum atomic E-state index is 0.530. The summed E-state index contributed by atoms with van der Waals surface area (Å²) in [6.45, 7) is 9.60. The summed E-state index contributed by atoms with van der Waals surface area (Å²) in [5, 5.41) is 0.530. The van der Waals surface area contributed by atoms with Crippen molar-refractivity contribution >= 4 is 17.5 Å². The highest BCUT2D eigenvalue weighted by Gasteiger charge is 2.12. The van der Waals surface area contributed by atoms with Gasteiger partial charge in [0.2, 0.25) is 5.95 Å². The third kappa shape index (κ3) is 4.29. The molecule has 0 aliphatic carbocycles. The standard InChI is InChI=1S/C15H20ClN5/c1-4-11(3)9-21(15-18-6-12(16)7-19-15)10-13-8-17-14(5-2)20-13/h6-8H,3-5,9-10H2,1-2H3,(H,17,20). The second kappa shape index (κ2) is 7.22. The van der Waals surface area contributed by atoms with Crippen molar-refractivity contribution in [2.45, 2.75) is 33.2 Å². The lowest BCUT2D eigenvalue weighted by Gasteiger charge is -2.22. The molecule has 0 aliphatic heterocycles. The quantitative estimate of drug-likeness (QED) is 0.797. The molecule has 0 saturated heterocycles. The monoisotopic (exact) mass is 305 g/mol. The molecular formula is C15H20ClN5. The molecule has 0 aromatic carbocycles. The van der Waals surface area contributed by atoms with E-state index in [1.165, 1.54) is 0 Å². The fraction of sp³-hybridized carbons (Fsp3) is 0.400. The summed E-state index contributed by atoms with van der Waals surface area (Å²) in [7, 11) is 0. The number of hydrogen-bond acceptors (Lipinski definition) is 4. The summed E-state index contributed by atoms with van der Waals surface area (Å²) < 4.78 is 0. The molecule has 2 aromatic heterocycles. The summed E-state index contributed by atoms with van der Waals surface area (Å²) >= 11 is 5.85. The molecule has 6 heteroatoms. The smallest absolute Gasteiger partial charge is 0.225 e. The van der Waals surface area contributed by atoms with E-state index in [4.69, 9.17) is 11.6 Å². The number of aromatic nitrogens is 4. The Kier molecular flexibility index (Phi) is 5.33. The molecule has 0 bridgehead atoms. The minimum Gasteiger partial charge on any atom is -0.344 e. The van der Waals surface area contributed by atoms with Crippen molar-refractivity contribution in [3.8, 4) is 0 Å². The van der Waals surface area contributed by atoms with Crippen LogP contribution >= 0.6 is 11.6 Å². The number of H-pyrrole nitrogens is 1. The molecule has 0 fully saturated rings. The second-order valence-electron chi connectivity index (χ2n) is 4.87. The Morgan fingerprint density at radius 1 is 1.24 bits per heavy atom. The fourth-order valence-corrected chi connectivity index (χ4v) is 2.02. The molecule has 112 valence electrons. The number of nitrogens with one attached hydrogen (secondary N) is 1. The Balaban J connectivity index is 2.18. The molecule has 2 heterocycles. The van der Waals surface area contributed by atoms with Crippen LogP contribution in [0.15, 0.2) is 30.7 Å². The molecule has 0 amide bonds. The normalized spacial score (nSPS) is 10.6. The molecule has 0 radical (unpaired) electrons. The Morgan fingerprint density at radius 3 is 2.52 bits per heavy atom. The average Bonchev–Trinajstić information content (AvgIpc) is 2.95. The Labute approximate surface area is 130 Å². The van der Waals surface area contributed by atoms with Crippen LogP contribution in [-0.4, -0.2) is 26.5 Å². The van der Waals surface area contributed by atoms with E-state index in [0.29, 0.717) is 24.1 Å². The van der Waals surface area contributed by atoms with E-state index in [0.717, 1.165) is 29.9 Å². The van der Waals surface area contributed by atoms with Crippen molar-refractivity contribution in [2.24, 2.45) is 0 Å². The number of hydrogen-bond donors (Lipinski definition) is 1. The van der Waals surface area contributed by atoms with Gasteiger partial charge in [-0.2, -0.15) is 0 Å². The molecule has 1 N–H and O–H groups in total. The Bertz CT molecular complexity index is 590. The highest BCUT2D eigenvalue weighted by molar-refractivity contribution is 6.30. The zero-order chi connectivity index (χ0) is 15.2. The van der Waals surface area contributed by atoms with Gasteiger partial charge >= 0.3 is 0 Å². The fourth-order valence-electron chi connectivity index (χ4n) is 1.92. The zero-order valence-electron chi connectivity index (χ0n) is 12.4. The number of aromatic amines is 1. The van der Waals surface area contributed by atoms with Gasteiger partial charge in [-0.3, -0.25) is 0 Å². The van der Waals surface area contributed by atoms with Crippen molar-refractivity contribution in [2.75, 3.05) is 11.4 Å². The van der Waals surface area contributed by atoms with E-state index in [2.05, 4.69) is 45.3 Å². The topological polar surface area (TPSA) is 57.7 Å². The van der Waals surface area contributed by atoms with Crippen LogP contribution in [0.5, 0.6) is 0 Å².